The lowest BCUT2D eigenvalue weighted by Crippen LogP contribution is -2.46. The van der Waals surface area contributed by atoms with E-state index in [1.165, 1.54) is 22.4 Å². The summed E-state index contributed by atoms with van der Waals surface area (Å²) in [5.41, 5.74) is 3.70. The number of carboxylic acid groups (broad SMARTS) is 1. The molecule has 2 aromatic rings. The maximum atomic E-state index is 12.8. The predicted octanol–water partition coefficient (Wildman–Crippen LogP) is 4.16. The molecule has 2 heterocycles. The van der Waals surface area contributed by atoms with Gasteiger partial charge >= 0.3 is 5.97 Å². The lowest BCUT2D eigenvalue weighted by molar-refractivity contribution is 0.0693. The van der Waals surface area contributed by atoms with Gasteiger partial charge in [0.15, 0.2) is 5.43 Å². The molecule has 0 radical (unpaired) electrons. The van der Waals surface area contributed by atoms with E-state index in [1.807, 2.05) is 4.57 Å². The fourth-order valence-corrected chi connectivity index (χ4v) is 4.88. The third-order valence-corrected chi connectivity index (χ3v) is 6.88. The van der Waals surface area contributed by atoms with E-state index in [0.29, 0.717) is 0 Å². The van der Waals surface area contributed by atoms with Crippen molar-refractivity contribution in [2.45, 2.75) is 73.3 Å². The number of aryl methyl sites for hydroxylation is 1. The van der Waals surface area contributed by atoms with Gasteiger partial charge in [0.05, 0.1) is 17.4 Å². The lowest BCUT2D eigenvalue weighted by atomic mass is 9.84. The number of carboxylic acids is 1. The van der Waals surface area contributed by atoms with E-state index in [1.54, 1.807) is 6.20 Å². The van der Waals surface area contributed by atoms with Gasteiger partial charge in [0, 0.05) is 31.1 Å². The van der Waals surface area contributed by atoms with Gasteiger partial charge in [0.25, 0.3) is 0 Å². The largest absolute Gasteiger partial charge is 0.477 e. The summed E-state index contributed by atoms with van der Waals surface area (Å²) in [6, 6.07) is 8.03. The molecule has 1 aromatic carbocycles. The molecule has 0 spiro atoms. The summed E-state index contributed by atoms with van der Waals surface area (Å²) >= 11 is 0. The molecule has 3 rings (SSSR count). The van der Waals surface area contributed by atoms with Gasteiger partial charge in [0.1, 0.15) is 5.56 Å². The fraction of sp³-hybridized carbons (Fsp3) is 0.500. The number of hydrogen-bond donors (Lipinski definition) is 1. The normalized spacial score (nSPS) is 18.8. The highest BCUT2D eigenvalue weighted by Gasteiger charge is 2.35. The summed E-state index contributed by atoms with van der Waals surface area (Å²) in [4.78, 5) is 26.8. The Balaban J connectivity index is 2.51. The van der Waals surface area contributed by atoms with Crippen molar-refractivity contribution in [1.29, 1.82) is 0 Å². The smallest absolute Gasteiger partial charge is 0.341 e. The van der Waals surface area contributed by atoms with Crippen molar-refractivity contribution >= 4 is 17.2 Å². The monoisotopic (exact) mass is 450 g/mol. The molecule has 0 fully saturated rings. The fourth-order valence-electron chi connectivity index (χ4n) is 4.88. The first-order valence-electron chi connectivity index (χ1n) is 12.0. The zero-order valence-electron chi connectivity index (χ0n) is 21.2. The number of fused-ring (bicyclic) bond motifs is 1. The van der Waals surface area contributed by atoms with E-state index < -0.39 is 11.4 Å². The second-order valence-corrected chi connectivity index (χ2v) is 10.3. The third kappa shape index (κ3) is 4.78. The number of aromatic nitrogens is 1. The molecule has 0 bridgehead atoms. The van der Waals surface area contributed by atoms with Crippen molar-refractivity contribution in [3.8, 4) is 0 Å². The summed E-state index contributed by atoms with van der Waals surface area (Å²) in [5.74, 6) is -1.18. The molecule has 0 aliphatic carbocycles. The van der Waals surface area contributed by atoms with Gasteiger partial charge in [-0.15, -0.1) is 0 Å². The molecule has 0 saturated heterocycles. The molecule has 1 atom stereocenters. The van der Waals surface area contributed by atoms with Gasteiger partial charge in [-0.2, -0.15) is 0 Å². The average Bonchev–Trinajstić information content (AvgIpc) is 2.75. The minimum absolute atomic E-state index is 0.0305. The highest BCUT2D eigenvalue weighted by molar-refractivity contribution is 5.87. The topological polar surface area (TPSA) is 62.5 Å². The maximum Gasteiger partial charge on any atom is 0.341 e. The van der Waals surface area contributed by atoms with Crippen LogP contribution in [0, 0.1) is 5.41 Å². The Morgan fingerprint density at radius 2 is 1.91 bits per heavy atom. The van der Waals surface area contributed by atoms with Gasteiger partial charge in [-0.3, -0.25) is 4.79 Å². The Labute approximate surface area is 197 Å². The molecular formula is C28H38N2O3. The van der Waals surface area contributed by atoms with Crippen LogP contribution < -0.4 is 15.9 Å². The van der Waals surface area contributed by atoms with Crippen LogP contribution in [0.5, 0.6) is 0 Å². The summed E-state index contributed by atoms with van der Waals surface area (Å²) in [5, 5.41) is 12.0. The molecule has 178 valence electrons. The molecule has 0 amide bonds. The maximum absolute atomic E-state index is 12.8. The van der Waals surface area contributed by atoms with Crippen LogP contribution in [0.3, 0.4) is 0 Å². The predicted molar refractivity (Wildman–Crippen MR) is 135 cm³/mol. The molecule has 1 unspecified atom stereocenters. The minimum atomic E-state index is -1.18. The first kappa shape index (κ1) is 24.8. The molecule has 1 aromatic heterocycles. The molecule has 1 N–H and O–H groups in total. The van der Waals surface area contributed by atoms with Crippen LogP contribution in [0.15, 0.2) is 35.3 Å². The Morgan fingerprint density at radius 1 is 1.21 bits per heavy atom. The quantitative estimate of drug-likeness (QED) is 0.743. The molecule has 1 aliphatic heterocycles. The first-order valence-corrected chi connectivity index (χ1v) is 12.0. The van der Waals surface area contributed by atoms with Crippen molar-refractivity contribution in [2.24, 2.45) is 5.41 Å². The molecular weight excluding hydrogens is 412 g/mol. The van der Waals surface area contributed by atoms with Gasteiger partial charge in [-0.05, 0) is 42.4 Å². The van der Waals surface area contributed by atoms with Gasteiger partial charge < -0.3 is 14.6 Å². The average molecular weight is 451 g/mol. The molecule has 5 heteroatoms. The highest BCUT2D eigenvalue weighted by atomic mass is 16.4. The molecule has 0 saturated carbocycles. The Hall–Kier alpha value is -2.82. The van der Waals surface area contributed by atoms with Crippen LogP contribution in [-0.4, -0.2) is 34.1 Å². The number of benzene rings is 1. The SMILES string of the molecule is CCCCc1ccc/c(=C2\c3cc(=O)c(C(=O)O)cn3C(C(C)(C)C)CN2C)c1=C(C)CC. The number of rotatable bonds is 5. The van der Waals surface area contributed by atoms with Gasteiger partial charge in [0.2, 0.25) is 0 Å². The van der Waals surface area contributed by atoms with Crippen LogP contribution in [0.2, 0.25) is 0 Å². The van der Waals surface area contributed by atoms with Gasteiger partial charge in [-0.1, -0.05) is 64.8 Å². The zero-order chi connectivity index (χ0) is 24.5. The third-order valence-electron chi connectivity index (χ3n) is 6.88. The lowest BCUT2D eigenvalue weighted by Gasteiger charge is -2.43. The first-order chi connectivity index (χ1) is 15.5. The van der Waals surface area contributed by atoms with E-state index in [9.17, 15) is 14.7 Å². The van der Waals surface area contributed by atoms with Crippen molar-refractivity contribution in [3.05, 3.63) is 67.9 Å². The second kappa shape index (κ2) is 9.58. The number of hydrogen-bond acceptors (Lipinski definition) is 3. The second-order valence-electron chi connectivity index (χ2n) is 10.3. The Kier molecular flexibility index (Phi) is 7.20. The Bertz CT molecular complexity index is 1230. The minimum Gasteiger partial charge on any atom is -0.477 e. The summed E-state index contributed by atoms with van der Waals surface area (Å²) < 4.78 is 2.03. The number of likely N-dealkylation sites (N-methyl/N-ethyl adjacent to an activating group) is 1. The van der Waals surface area contributed by atoms with E-state index in [0.717, 1.165) is 48.8 Å². The van der Waals surface area contributed by atoms with Crippen molar-refractivity contribution < 1.29 is 9.90 Å². The van der Waals surface area contributed by atoms with Gasteiger partial charge in [-0.25, -0.2) is 4.79 Å². The van der Waals surface area contributed by atoms with E-state index in [4.69, 9.17) is 0 Å². The van der Waals surface area contributed by atoms with E-state index in [2.05, 4.69) is 71.7 Å². The van der Waals surface area contributed by atoms with Crippen LogP contribution >= 0.6 is 0 Å². The molecule has 1 aliphatic rings. The number of nitrogens with zero attached hydrogens (tertiary/aromatic N) is 2. The van der Waals surface area contributed by atoms with Crippen molar-refractivity contribution in [2.75, 3.05) is 13.6 Å². The summed E-state index contributed by atoms with van der Waals surface area (Å²) in [6.07, 6.45) is 5.78. The standard InChI is InChI=1S/C28H38N2O3/c1-8-10-12-19-13-11-14-20(25(19)18(3)9-2)26-22-15-23(31)21(27(32)33)16-30(22)24(17-29(26)7)28(4,5)6/h11,13-16,24H,8-10,12,17H2,1-7H3,(H,32,33)/b25-18?,26-20-. The van der Waals surface area contributed by atoms with E-state index >= 15 is 0 Å². The van der Waals surface area contributed by atoms with Crippen molar-refractivity contribution in [1.82, 2.24) is 9.47 Å². The highest BCUT2D eigenvalue weighted by Crippen LogP contribution is 2.37. The number of aromatic carboxylic acids is 1. The number of unbranched alkanes of at least 4 members (excludes halogenated alkanes) is 1. The van der Waals surface area contributed by atoms with Crippen LogP contribution in [0.1, 0.15) is 88.5 Å². The molecule has 33 heavy (non-hydrogen) atoms. The Morgan fingerprint density at radius 3 is 2.48 bits per heavy atom. The van der Waals surface area contributed by atoms with Crippen LogP contribution in [0.4, 0.5) is 0 Å². The van der Waals surface area contributed by atoms with Crippen molar-refractivity contribution in [3.63, 3.8) is 0 Å². The zero-order valence-corrected chi connectivity index (χ0v) is 21.2. The summed E-state index contributed by atoms with van der Waals surface area (Å²) in [6.45, 7) is 13.8. The van der Waals surface area contributed by atoms with Crippen LogP contribution in [0.25, 0.3) is 11.3 Å². The molecule has 5 nitrogen and oxygen atoms in total. The summed E-state index contributed by atoms with van der Waals surface area (Å²) in [7, 11) is 2.08. The van der Waals surface area contributed by atoms with E-state index in [-0.39, 0.29) is 17.0 Å². The number of carbonyl (C=O) groups is 1. The van der Waals surface area contributed by atoms with Crippen LogP contribution in [-0.2, 0) is 6.42 Å². The number of pyridine rings is 1.